The largest absolute Gasteiger partial charge is 0.497 e. The molecule has 116 valence electrons. The van der Waals surface area contributed by atoms with E-state index in [1.54, 1.807) is 43.6 Å². The van der Waals surface area contributed by atoms with Crippen LogP contribution in [0.15, 0.2) is 54.7 Å². The third-order valence-electron chi connectivity index (χ3n) is 3.45. The van der Waals surface area contributed by atoms with Crippen LogP contribution in [0.5, 0.6) is 5.75 Å². The first-order valence-corrected chi connectivity index (χ1v) is 7.00. The number of rotatable bonds is 5. The Morgan fingerprint density at radius 2 is 1.78 bits per heavy atom. The van der Waals surface area contributed by atoms with Crippen LogP contribution in [0.25, 0.3) is 10.9 Å². The number of hydrogen-bond acceptors (Lipinski definition) is 4. The number of nitrogens with one attached hydrogen (secondary N) is 3. The van der Waals surface area contributed by atoms with Crippen LogP contribution >= 0.6 is 0 Å². The predicted molar refractivity (Wildman–Crippen MR) is 87.4 cm³/mol. The Bertz CT molecular complexity index is 853. The molecule has 3 aromatic rings. The van der Waals surface area contributed by atoms with E-state index >= 15 is 0 Å². The number of ketones is 1. The van der Waals surface area contributed by atoms with Gasteiger partial charge in [0.15, 0.2) is 0 Å². The van der Waals surface area contributed by atoms with Crippen LogP contribution in [0.4, 0.5) is 5.69 Å². The van der Waals surface area contributed by atoms with Crippen LogP contribution < -0.4 is 15.6 Å². The van der Waals surface area contributed by atoms with E-state index in [1.165, 1.54) is 0 Å². The van der Waals surface area contributed by atoms with Gasteiger partial charge in [-0.15, -0.1) is 0 Å². The van der Waals surface area contributed by atoms with Gasteiger partial charge in [0.25, 0.3) is 5.78 Å². The number of Topliss-reactive ketones (excluding diaryl/α,β-unsaturated/α-hetero) is 1. The molecular formula is C17H15N3O3. The van der Waals surface area contributed by atoms with Gasteiger partial charge in [-0.1, -0.05) is 18.2 Å². The number of hydrogen-bond donors (Lipinski definition) is 3. The van der Waals surface area contributed by atoms with Crippen LogP contribution in [-0.4, -0.2) is 23.8 Å². The molecule has 0 bridgehead atoms. The molecule has 6 heteroatoms. The normalized spacial score (nSPS) is 10.3. The van der Waals surface area contributed by atoms with Crippen LogP contribution in [0, 0.1) is 0 Å². The molecule has 0 unspecified atom stereocenters. The van der Waals surface area contributed by atoms with E-state index in [2.05, 4.69) is 15.8 Å². The van der Waals surface area contributed by atoms with Crippen molar-refractivity contribution < 1.29 is 14.3 Å². The van der Waals surface area contributed by atoms with Gasteiger partial charge in [0, 0.05) is 17.1 Å². The van der Waals surface area contributed by atoms with Gasteiger partial charge in [0.05, 0.1) is 18.4 Å². The zero-order chi connectivity index (χ0) is 16.2. The maximum absolute atomic E-state index is 12.2. The highest BCUT2D eigenvalue weighted by atomic mass is 16.5. The van der Waals surface area contributed by atoms with Gasteiger partial charge in [-0.2, -0.15) is 0 Å². The van der Waals surface area contributed by atoms with Crippen molar-refractivity contribution in [1.82, 2.24) is 10.4 Å². The molecule has 1 aromatic heterocycles. The number of amides is 1. The van der Waals surface area contributed by atoms with Gasteiger partial charge >= 0.3 is 5.91 Å². The summed E-state index contributed by atoms with van der Waals surface area (Å²) in [6.45, 7) is 0. The first-order valence-electron chi connectivity index (χ1n) is 7.00. The quantitative estimate of drug-likeness (QED) is 0.384. The average Bonchev–Trinajstić information content (AvgIpc) is 3.03. The number of aromatic nitrogens is 1. The number of hydrazine groups is 1. The second-order valence-corrected chi connectivity index (χ2v) is 4.88. The minimum absolute atomic E-state index is 0.342. The zero-order valence-electron chi connectivity index (χ0n) is 12.4. The fourth-order valence-corrected chi connectivity index (χ4v) is 2.24. The minimum atomic E-state index is -0.731. The van der Waals surface area contributed by atoms with E-state index in [0.717, 1.165) is 10.9 Å². The van der Waals surface area contributed by atoms with E-state index in [-0.39, 0.29) is 0 Å². The summed E-state index contributed by atoms with van der Waals surface area (Å²) >= 11 is 0. The van der Waals surface area contributed by atoms with Crippen molar-refractivity contribution >= 4 is 28.3 Å². The number of aromatic amines is 1. The smallest absolute Gasteiger partial charge is 0.310 e. The summed E-state index contributed by atoms with van der Waals surface area (Å²) in [6.07, 6.45) is 1.54. The Labute approximate surface area is 132 Å². The molecule has 0 fully saturated rings. The standard InChI is InChI=1S/C17H15N3O3/c1-23-12-8-6-11(7-9-12)19-20-17(22)16(21)14-10-18-15-5-3-2-4-13(14)15/h2-10,18-19H,1H3,(H,20,22). The molecule has 1 heterocycles. The molecule has 0 radical (unpaired) electrons. The van der Waals surface area contributed by atoms with Gasteiger partial charge in [-0.25, -0.2) is 0 Å². The SMILES string of the molecule is COc1ccc(NNC(=O)C(=O)c2c[nH]c3ccccc23)cc1. The van der Waals surface area contributed by atoms with E-state index in [4.69, 9.17) is 4.74 Å². The topological polar surface area (TPSA) is 83.2 Å². The number of fused-ring (bicyclic) bond motifs is 1. The van der Waals surface area contributed by atoms with Crippen LogP contribution in [0.3, 0.4) is 0 Å². The first kappa shape index (κ1) is 14.6. The van der Waals surface area contributed by atoms with Crippen molar-refractivity contribution in [2.75, 3.05) is 12.5 Å². The minimum Gasteiger partial charge on any atom is -0.497 e. The maximum Gasteiger partial charge on any atom is 0.310 e. The van der Waals surface area contributed by atoms with E-state index in [1.807, 2.05) is 18.2 Å². The highest BCUT2D eigenvalue weighted by Gasteiger charge is 2.19. The molecule has 23 heavy (non-hydrogen) atoms. The van der Waals surface area contributed by atoms with Gasteiger partial charge in [0.2, 0.25) is 0 Å². The number of ether oxygens (including phenoxy) is 1. The van der Waals surface area contributed by atoms with E-state index < -0.39 is 11.7 Å². The Hall–Kier alpha value is -3.28. The van der Waals surface area contributed by atoms with Crippen LogP contribution in [0.2, 0.25) is 0 Å². The molecular weight excluding hydrogens is 294 g/mol. The van der Waals surface area contributed by atoms with Crippen LogP contribution in [0.1, 0.15) is 10.4 Å². The second-order valence-electron chi connectivity index (χ2n) is 4.88. The zero-order valence-corrected chi connectivity index (χ0v) is 12.4. The molecule has 6 nitrogen and oxygen atoms in total. The van der Waals surface area contributed by atoms with Crippen molar-refractivity contribution in [3.05, 3.63) is 60.3 Å². The summed E-state index contributed by atoms with van der Waals surface area (Å²) < 4.78 is 5.05. The van der Waals surface area contributed by atoms with Crippen molar-refractivity contribution in [2.45, 2.75) is 0 Å². The molecule has 3 N–H and O–H groups in total. The Morgan fingerprint density at radius 1 is 1.04 bits per heavy atom. The maximum atomic E-state index is 12.2. The summed E-state index contributed by atoms with van der Waals surface area (Å²) in [5.41, 5.74) is 6.89. The lowest BCUT2D eigenvalue weighted by Crippen LogP contribution is -2.35. The average molecular weight is 309 g/mol. The highest BCUT2D eigenvalue weighted by molar-refractivity contribution is 6.45. The van der Waals surface area contributed by atoms with Crippen molar-refractivity contribution in [3.63, 3.8) is 0 Å². The van der Waals surface area contributed by atoms with E-state index in [9.17, 15) is 9.59 Å². The number of carbonyl (C=O) groups is 2. The monoisotopic (exact) mass is 309 g/mol. The van der Waals surface area contributed by atoms with Gasteiger partial charge < -0.3 is 9.72 Å². The first-order chi connectivity index (χ1) is 11.2. The summed E-state index contributed by atoms with van der Waals surface area (Å²) in [6, 6.07) is 14.3. The Balaban J connectivity index is 1.69. The third kappa shape index (κ3) is 3.01. The lowest BCUT2D eigenvalue weighted by molar-refractivity contribution is -0.116. The number of H-pyrrole nitrogens is 1. The van der Waals surface area contributed by atoms with Gasteiger partial charge in [0.1, 0.15) is 5.75 Å². The molecule has 0 spiro atoms. The van der Waals surface area contributed by atoms with Crippen molar-refractivity contribution in [1.29, 1.82) is 0 Å². The van der Waals surface area contributed by atoms with Crippen LogP contribution in [-0.2, 0) is 4.79 Å². The number of methoxy groups -OCH3 is 1. The molecule has 2 aromatic carbocycles. The molecule has 0 saturated carbocycles. The summed E-state index contributed by atoms with van der Waals surface area (Å²) in [5.74, 6) is -0.634. The molecule has 0 aliphatic rings. The summed E-state index contributed by atoms with van der Waals surface area (Å²) in [4.78, 5) is 27.2. The number of anilines is 1. The van der Waals surface area contributed by atoms with Crippen molar-refractivity contribution in [2.24, 2.45) is 0 Å². The Kier molecular flexibility index (Phi) is 3.97. The molecule has 3 rings (SSSR count). The number of para-hydroxylation sites is 1. The van der Waals surface area contributed by atoms with Crippen molar-refractivity contribution in [3.8, 4) is 5.75 Å². The highest BCUT2D eigenvalue weighted by Crippen LogP contribution is 2.18. The fraction of sp³-hybridized carbons (Fsp3) is 0.0588. The number of carbonyl (C=O) groups excluding carboxylic acids is 2. The lowest BCUT2D eigenvalue weighted by atomic mass is 10.1. The summed E-state index contributed by atoms with van der Waals surface area (Å²) in [5, 5.41) is 0.720. The lowest BCUT2D eigenvalue weighted by Gasteiger charge is -2.08. The Morgan fingerprint density at radius 3 is 2.52 bits per heavy atom. The molecule has 0 atom stereocenters. The fourth-order valence-electron chi connectivity index (χ4n) is 2.24. The molecule has 1 amide bonds. The second kappa shape index (κ2) is 6.23. The summed E-state index contributed by atoms with van der Waals surface area (Å²) in [7, 11) is 1.57. The van der Waals surface area contributed by atoms with Gasteiger partial charge in [-0.05, 0) is 30.3 Å². The molecule has 0 aliphatic heterocycles. The predicted octanol–water partition coefficient (Wildman–Crippen LogP) is 2.50. The van der Waals surface area contributed by atoms with E-state index in [0.29, 0.717) is 17.0 Å². The molecule has 0 saturated heterocycles. The third-order valence-corrected chi connectivity index (χ3v) is 3.45. The molecule has 0 aliphatic carbocycles. The van der Waals surface area contributed by atoms with Gasteiger partial charge in [-0.3, -0.25) is 20.4 Å². The number of benzene rings is 2.